The number of nitrogens with zero attached hydrogens (tertiary/aromatic N) is 2. The number of hydrogen-bond acceptors (Lipinski definition) is 4. The number of carbonyl (C=O) groups is 2. The number of aromatic nitrogens is 3. The van der Waals surface area contributed by atoms with Gasteiger partial charge in [-0.3, -0.25) is 25.2 Å². The summed E-state index contributed by atoms with van der Waals surface area (Å²) in [7, 11) is 0. The maximum atomic E-state index is 12.4. The van der Waals surface area contributed by atoms with E-state index >= 15 is 0 Å². The fourth-order valence-electron chi connectivity index (χ4n) is 2.36. The van der Waals surface area contributed by atoms with Crippen molar-refractivity contribution in [1.82, 2.24) is 25.6 Å². The fourth-order valence-corrected chi connectivity index (χ4v) is 2.52. The first-order chi connectivity index (χ1) is 12.0. The molecule has 8 nitrogen and oxygen atoms in total. The van der Waals surface area contributed by atoms with Crippen molar-refractivity contribution in [1.29, 1.82) is 0 Å². The Morgan fingerprint density at radius 3 is 2.52 bits per heavy atom. The molecule has 0 atom stereocenters. The summed E-state index contributed by atoms with van der Waals surface area (Å²) >= 11 is 5.74. The minimum absolute atomic E-state index is 0.0434. The van der Waals surface area contributed by atoms with Crippen LogP contribution in [-0.2, 0) is 6.54 Å². The van der Waals surface area contributed by atoms with E-state index in [1.54, 1.807) is 31.2 Å². The molecular formula is C16H14ClN5O3. The van der Waals surface area contributed by atoms with Crippen molar-refractivity contribution in [3.63, 3.8) is 0 Å². The Labute approximate surface area is 146 Å². The average Bonchev–Trinajstić information content (AvgIpc) is 3.06. The minimum atomic E-state index is -0.635. The summed E-state index contributed by atoms with van der Waals surface area (Å²) in [6.07, 6.45) is 1.45. The summed E-state index contributed by atoms with van der Waals surface area (Å²) in [5.74, 6) is -1.20. The van der Waals surface area contributed by atoms with Gasteiger partial charge in [0.25, 0.3) is 17.4 Å². The van der Waals surface area contributed by atoms with Crippen LogP contribution in [0.3, 0.4) is 0 Å². The van der Waals surface area contributed by atoms with E-state index in [1.165, 1.54) is 16.9 Å². The van der Waals surface area contributed by atoms with Gasteiger partial charge < -0.3 is 4.98 Å². The monoisotopic (exact) mass is 359 g/mol. The van der Waals surface area contributed by atoms with E-state index in [-0.39, 0.29) is 16.9 Å². The van der Waals surface area contributed by atoms with Crippen LogP contribution in [-0.4, -0.2) is 26.6 Å². The number of rotatable bonds is 3. The lowest BCUT2D eigenvalue weighted by Gasteiger charge is -2.10. The Hall–Kier alpha value is -3.13. The van der Waals surface area contributed by atoms with E-state index < -0.39 is 11.8 Å². The van der Waals surface area contributed by atoms with E-state index in [2.05, 4.69) is 20.9 Å². The number of H-pyrrole nitrogens is 1. The zero-order chi connectivity index (χ0) is 18.0. The van der Waals surface area contributed by atoms with Crippen molar-refractivity contribution in [2.75, 3.05) is 0 Å². The molecule has 25 heavy (non-hydrogen) atoms. The van der Waals surface area contributed by atoms with Gasteiger partial charge in [0.05, 0.1) is 10.4 Å². The molecule has 2 amide bonds. The number of hydrogen-bond donors (Lipinski definition) is 3. The van der Waals surface area contributed by atoms with Gasteiger partial charge in [0.2, 0.25) is 0 Å². The van der Waals surface area contributed by atoms with Crippen LogP contribution in [0, 0.1) is 0 Å². The Morgan fingerprint density at radius 2 is 1.88 bits per heavy atom. The third kappa shape index (κ3) is 3.24. The first kappa shape index (κ1) is 16.7. The molecule has 0 aliphatic heterocycles. The SMILES string of the molecule is CCn1nc(C(=O)NNC(=O)c2cc(Cl)c[nH]2)c2ccccc2c1=O. The molecule has 1 aromatic carbocycles. The van der Waals surface area contributed by atoms with Crippen molar-refractivity contribution in [2.24, 2.45) is 0 Å². The van der Waals surface area contributed by atoms with E-state index in [4.69, 9.17) is 11.6 Å². The molecule has 0 unspecified atom stereocenters. The van der Waals surface area contributed by atoms with Crippen molar-refractivity contribution in [3.05, 3.63) is 63.3 Å². The predicted octanol–water partition coefficient (Wildman–Crippen LogP) is 1.47. The highest BCUT2D eigenvalue weighted by Crippen LogP contribution is 2.13. The van der Waals surface area contributed by atoms with Gasteiger partial charge in [0.1, 0.15) is 5.69 Å². The lowest BCUT2D eigenvalue weighted by molar-refractivity contribution is 0.0841. The van der Waals surface area contributed by atoms with Crippen LogP contribution < -0.4 is 16.4 Å². The van der Waals surface area contributed by atoms with Gasteiger partial charge in [-0.05, 0) is 19.1 Å². The second-order valence-corrected chi connectivity index (χ2v) is 5.59. The second kappa shape index (κ2) is 6.78. The van der Waals surface area contributed by atoms with Crippen molar-refractivity contribution < 1.29 is 9.59 Å². The molecule has 0 spiro atoms. The normalized spacial score (nSPS) is 10.6. The van der Waals surface area contributed by atoms with Gasteiger partial charge in [-0.25, -0.2) is 4.68 Å². The van der Waals surface area contributed by atoms with Crippen LogP contribution in [0.15, 0.2) is 41.3 Å². The maximum Gasteiger partial charge on any atom is 0.290 e. The smallest absolute Gasteiger partial charge is 0.290 e. The second-order valence-electron chi connectivity index (χ2n) is 5.15. The van der Waals surface area contributed by atoms with Gasteiger partial charge in [-0.2, -0.15) is 5.10 Å². The number of nitrogens with one attached hydrogen (secondary N) is 3. The predicted molar refractivity (Wildman–Crippen MR) is 92.4 cm³/mol. The summed E-state index contributed by atoms with van der Waals surface area (Å²) in [5, 5.41) is 5.25. The highest BCUT2D eigenvalue weighted by molar-refractivity contribution is 6.31. The van der Waals surface area contributed by atoms with E-state index in [0.717, 1.165) is 0 Å². The number of benzene rings is 1. The third-order valence-corrected chi connectivity index (χ3v) is 3.78. The molecule has 3 N–H and O–H groups in total. The third-order valence-electron chi connectivity index (χ3n) is 3.56. The zero-order valence-electron chi connectivity index (χ0n) is 13.2. The van der Waals surface area contributed by atoms with Crippen LogP contribution in [0.25, 0.3) is 10.8 Å². The van der Waals surface area contributed by atoms with E-state index in [1.807, 2.05) is 0 Å². The number of aryl methyl sites for hydroxylation is 1. The lowest BCUT2D eigenvalue weighted by atomic mass is 10.1. The van der Waals surface area contributed by atoms with Gasteiger partial charge >= 0.3 is 0 Å². The average molecular weight is 360 g/mol. The highest BCUT2D eigenvalue weighted by Gasteiger charge is 2.17. The largest absolute Gasteiger partial charge is 0.356 e. The standard InChI is InChI=1S/C16H14ClN5O3/c1-2-22-16(25)11-6-4-3-5-10(11)13(21-22)15(24)20-19-14(23)12-7-9(17)8-18-12/h3-8,18H,2H2,1H3,(H,19,23)(H,20,24). The van der Waals surface area contributed by atoms with Crippen LogP contribution in [0.4, 0.5) is 0 Å². The quantitative estimate of drug-likeness (QED) is 0.615. The van der Waals surface area contributed by atoms with Gasteiger partial charge in [-0.1, -0.05) is 29.8 Å². The van der Waals surface area contributed by atoms with Gasteiger partial charge in [-0.15, -0.1) is 0 Å². The Bertz CT molecular complexity index is 1020. The van der Waals surface area contributed by atoms with Gasteiger partial charge in [0, 0.05) is 18.1 Å². The first-order valence-electron chi connectivity index (χ1n) is 7.45. The maximum absolute atomic E-state index is 12.4. The first-order valence-corrected chi connectivity index (χ1v) is 7.83. The minimum Gasteiger partial charge on any atom is -0.356 e. The molecular weight excluding hydrogens is 346 g/mol. The highest BCUT2D eigenvalue weighted by atomic mass is 35.5. The number of aromatic amines is 1. The van der Waals surface area contributed by atoms with Crippen LogP contribution in [0.5, 0.6) is 0 Å². The molecule has 2 heterocycles. The van der Waals surface area contributed by atoms with Crippen molar-refractivity contribution in [2.45, 2.75) is 13.5 Å². The molecule has 3 aromatic rings. The van der Waals surface area contributed by atoms with E-state index in [9.17, 15) is 14.4 Å². The molecule has 0 aliphatic rings. The van der Waals surface area contributed by atoms with Crippen molar-refractivity contribution in [3.8, 4) is 0 Å². The topological polar surface area (TPSA) is 109 Å². The number of fused-ring (bicyclic) bond motifs is 1. The Kier molecular flexibility index (Phi) is 4.53. The molecule has 2 aromatic heterocycles. The van der Waals surface area contributed by atoms with Gasteiger partial charge in [0.15, 0.2) is 5.69 Å². The number of halogens is 1. The summed E-state index contributed by atoms with van der Waals surface area (Å²) in [6, 6.07) is 8.10. The molecule has 0 saturated heterocycles. The number of carbonyl (C=O) groups excluding carboxylic acids is 2. The summed E-state index contributed by atoms with van der Waals surface area (Å²) in [6.45, 7) is 2.07. The summed E-state index contributed by atoms with van der Waals surface area (Å²) < 4.78 is 1.20. The van der Waals surface area contributed by atoms with Crippen molar-refractivity contribution >= 4 is 34.2 Å². The Morgan fingerprint density at radius 1 is 1.20 bits per heavy atom. The number of amides is 2. The molecule has 9 heteroatoms. The molecule has 0 bridgehead atoms. The Balaban J connectivity index is 1.88. The van der Waals surface area contributed by atoms with E-state index in [0.29, 0.717) is 22.3 Å². The molecule has 0 saturated carbocycles. The lowest BCUT2D eigenvalue weighted by Crippen LogP contribution is -2.43. The fraction of sp³-hybridized carbons (Fsp3) is 0.125. The summed E-state index contributed by atoms with van der Waals surface area (Å²) in [5.41, 5.74) is 4.52. The molecule has 128 valence electrons. The zero-order valence-corrected chi connectivity index (χ0v) is 13.9. The molecule has 3 rings (SSSR count). The van der Waals surface area contributed by atoms with Crippen LogP contribution in [0.2, 0.25) is 5.02 Å². The summed E-state index contributed by atoms with van der Waals surface area (Å²) in [4.78, 5) is 39.3. The number of hydrazine groups is 1. The van der Waals surface area contributed by atoms with Crippen LogP contribution >= 0.6 is 11.6 Å². The van der Waals surface area contributed by atoms with Crippen LogP contribution in [0.1, 0.15) is 27.9 Å². The molecule has 0 radical (unpaired) electrons. The molecule has 0 aliphatic carbocycles. The molecule has 0 fully saturated rings.